The maximum atomic E-state index is 13.7. The predicted molar refractivity (Wildman–Crippen MR) is 82.4 cm³/mol. The van der Waals surface area contributed by atoms with Crippen LogP contribution in [0.25, 0.3) is 0 Å². The molecule has 3 rings (SSSR count). The molecule has 0 bridgehead atoms. The van der Waals surface area contributed by atoms with Crippen LogP contribution in [0.3, 0.4) is 0 Å². The van der Waals surface area contributed by atoms with Gasteiger partial charge in [0.2, 0.25) is 0 Å². The zero-order chi connectivity index (χ0) is 15.7. The number of pyridine rings is 1. The van der Waals surface area contributed by atoms with Crippen molar-refractivity contribution in [1.29, 1.82) is 0 Å². The number of oxime groups is 1. The maximum Gasteiger partial charge on any atom is 0.166 e. The molecule has 1 unspecified atom stereocenters. The summed E-state index contributed by atoms with van der Waals surface area (Å²) < 4.78 is 25.4. The maximum absolute atomic E-state index is 13.7. The first kappa shape index (κ1) is 15.6. The average Bonchev–Trinajstić information content (AvgIpc) is 2.73. The van der Waals surface area contributed by atoms with Gasteiger partial charge in [0.15, 0.2) is 17.4 Å². The average molecular weight is 374 g/mol. The molecule has 0 N–H and O–H groups in total. The van der Waals surface area contributed by atoms with Crippen molar-refractivity contribution in [3.05, 3.63) is 22.6 Å². The number of aromatic nitrogens is 1. The highest BCUT2D eigenvalue weighted by atomic mass is 79.9. The summed E-state index contributed by atoms with van der Waals surface area (Å²) in [4.78, 5) is 11.1. The summed E-state index contributed by atoms with van der Waals surface area (Å²) >= 11 is 3.18. The lowest BCUT2D eigenvalue weighted by Gasteiger charge is -2.33. The van der Waals surface area contributed by atoms with Crippen LogP contribution in [-0.2, 0) is 14.3 Å². The molecule has 3 heterocycles. The summed E-state index contributed by atoms with van der Waals surface area (Å²) in [5, 5.41) is 4.04. The fourth-order valence-corrected chi connectivity index (χ4v) is 2.60. The predicted octanol–water partition coefficient (Wildman–Crippen LogP) is 2.33. The molecule has 0 aliphatic carbocycles. The quantitative estimate of drug-likeness (QED) is 0.758. The molecule has 0 radical (unpaired) electrons. The SMILES string of the molecule is CC1(C)OCC(CON=C2CN(c3ncc(Br)cc3F)C2)O1. The van der Waals surface area contributed by atoms with Crippen molar-refractivity contribution < 1.29 is 18.7 Å². The highest BCUT2D eigenvalue weighted by Crippen LogP contribution is 2.24. The van der Waals surface area contributed by atoms with E-state index in [2.05, 4.69) is 26.1 Å². The van der Waals surface area contributed by atoms with E-state index in [0.29, 0.717) is 36.6 Å². The van der Waals surface area contributed by atoms with Crippen LogP contribution in [-0.4, -0.2) is 48.9 Å². The minimum atomic E-state index is -0.556. The normalized spacial score (nSPS) is 23.4. The van der Waals surface area contributed by atoms with E-state index in [0.717, 1.165) is 5.71 Å². The first-order chi connectivity index (χ1) is 10.4. The Bertz CT molecular complexity index is 589. The molecule has 2 aliphatic rings. The van der Waals surface area contributed by atoms with Crippen molar-refractivity contribution in [2.45, 2.75) is 25.7 Å². The van der Waals surface area contributed by atoms with E-state index in [1.807, 2.05) is 13.8 Å². The molecule has 1 atom stereocenters. The van der Waals surface area contributed by atoms with Gasteiger partial charge < -0.3 is 19.2 Å². The van der Waals surface area contributed by atoms with Gasteiger partial charge in [-0.2, -0.15) is 0 Å². The molecular weight excluding hydrogens is 357 g/mol. The van der Waals surface area contributed by atoms with Crippen LogP contribution >= 0.6 is 15.9 Å². The Morgan fingerprint density at radius 3 is 2.95 bits per heavy atom. The summed E-state index contributed by atoms with van der Waals surface area (Å²) in [6.07, 6.45) is 1.46. The molecule has 6 nitrogen and oxygen atoms in total. The van der Waals surface area contributed by atoms with Crippen LogP contribution < -0.4 is 4.90 Å². The molecule has 2 fully saturated rings. The number of hydrogen-bond acceptors (Lipinski definition) is 6. The van der Waals surface area contributed by atoms with Gasteiger partial charge in [-0.05, 0) is 35.8 Å². The second-order valence-corrected chi connectivity index (χ2v) is 6.63. The molecule has 2 aliphatic heterocycles. The van der Waals surface area contributed by atoms with Gasteiger partial charge in [0.1, 0.15) is 12.7 Å². The Morgan fingerprint density at radius 1 is 1.55 bits per heavy atom. The zero-order valence-electron chi connectivity index (χ0n) is 12.4. The van der Waals surface area contributed by atoms with Crippen LogP contribution in [0.1, 0.15) is 13.8 Å². The van der Waals surface area contributed by atoms with Crippen LogP contribution in [0.15, 0.2) is 21.9 Å². The van der Waals surface area contributed by atoms with E-state index in [4.69, 9.17) is 14.3 Å². The largest absolute Gasteiger partial charge is 0.393 e. The van der Waals surface area contributed by atoms with Gasteiger partial charge >= 0.3 is 0 Å². The number of hydrogen-bond donors (Lipinski definition) is 0. The van der Waals surface area contributed by atoms with Crippen LogP contribution in [0.4, 0.5) is 10.2 Å². The molecule has 0 saturated carbocycles. The molecule has 120 valence electrons. The fourth-order valence-electron chi connectivity index (χ4n) is 2.30. The number of ether oxygens (including phenoxy) is 2. The van der Waals surface area contributed by atoms with Crippen molar-refractivity contribution in [3.63, 3.8) is 0 Å². The lowest BCUT2D eigenvalue weighted by molar-refractivity contribution is -0.145. The number of anilines is 1. The second-order valence-electron chi connectivity index (χ2n) is 5.72. The highest BCUT2D eigenvalue weighted by Gasteiger charge is 2.33. The van der Waals surface area contributed by atoms with Crippen LogP contribution in [0.2, 0.25) is 0 Å². The summed E-state index contributed by atoms with van der Waals surface area (Å²) in [7, 11) is 0. The van der Waals surface area contributed by atoms with Gasteiger partial charge in [0.05, 0.1) is 25.4 Å². The highest BCUT2D eigenvalue weighted by molar-refractivity contribution is 9.10. The summed E-state index contributed by atoms with van der Waals surface area (Å²) in [5.41, 5.74) is 0.849. The Morgan fingerprint density at radius 2 is 2.32 bits per heavy atom. The molecule has 1 aromatic heterocycles. The van der Waals surface area contributed by atoms with Gasteiger partial charge in [0, 0.05) is 10.7 Å². The van der Waals surface area contributed by atoms with E-state index >= 15 is 0 Å². The van der Waals surface area contributed by atoms with E-state index in [1.54, 1.807) is 11.1 Å². The van der Waals surface area contributed by atoms with Crippen molar-refractivity contribution in [2.24, 2.45) is 5.16 Å². The van der Waals surface area contributed by atoms with Crippen molar-refractivity contribution in [1.82, 2.24) is 4.98 Å². The molecule has 8 heteroatoms. The third-order valence-corrected chi connectivity index (χ3v) is 3.79. The van der Waals surface area contributed by atoms with Gasteiger partial charge in [-0.25, -0.2) is 9.37 Å². The molecule has 22 heavy (non-hydrogen) atoms. The summed E-state index contributed by atoms with van der Waals surface area (Å²) in [5.74, 6) is -0.580. The molecule has 1 aromatic rings. The smallest absolute Gasteiger partial charge is 0.166 e. The van der Waals surface area contributed by atoms with Crippen LogP contribution in [0, 0.1) is 5.82 Å². The third kappa shape index (κ3) is 3.56. The van der Waals surface area contributed by atoms with Crippen molar-refractivity contribution >= 4 is 27.5 Å². The standard InChI is InChI=1S/C14H17BrFN3O3/c1-14(2)20-7-11(22-14)8-21-18-10-5-19(6-10)13-12(16)3-9(15)4-17-13/h3-4,11H,5-8H2,1-2H3. The Balaban J connectivity index is 1.45. The lowest BCUT2D eigenvalue weighted by Crippen LogP contribution is -2.48. The van der Waals surface area contributed by atoms with Gasteiger partial charge in [0.25, 0.3) is 0 Å². The van der Waals surface area contributed by atoms with Crippen LogP contribution in [0.5, 0.6) is 0 Å². The van der Waals surface area contributed by atoms with E-state index in [1.165, 1.54) is 6.07 Å². The van der Waals surface area contributed by atoms with Gasteiger partial charge in [-0.3, -0.25) is 0 Å². The third-order valence-electron chi connectivity index (χ3n) is 3.36. The van der Waals surface area contributed by atoms with Gasteiger partial charge in [-0.1, -0.05) is 5.16 Å². The second kappa shape index (κ2) is 6.10. The van der Waals surface area contributed by atoms with E-state index < -0.39 is 5.79 Å². The molecule has 0 amide bonds. The Hall–Kier alpha value is -1.25. The summed E-state index contributed by atoms with van der Waals surface area (Å²) in [6, 6.07) is 1.40. The number of halogens is 2. The first-order valence-corrected chi connectivity index (χ1v) is 7.78. The minimum Gasteiger partial charge on any atom is -0.393 e. The lowest BCUT2D eigenvalue weighted by atomic mass is 10.2. The molecular formula is C14H17BrFN3O3. The van der Waals surface area contributed by atoms with E-state index in [9.17, 15) is 4.39 Å². The molecule has 0 spiro atoms. The zero-order valence-corrected chi connectivity index (χ0v) is 14.0. The fraction of sp³-hybridized carbons (Fsp3) is 0.571. The van der Waals surface area contributed by atoms with Gasteiger partial charge in [-0.15, -0.1) is 0 Å². The first-order valence-electron chi connectivity index (χ1n) is 6.98. The topological polar surface area (TPSA) is 56.2 Å². The molecule has 0 aromatic carbocycles. The summed E-state index contributed by atoms with van der Waals surface area (Å²) in [6.45, 7) is 5.60. The minimum absolute atomic E-state index is 0.110. The number of rotatable bonds is 4. The molecule has 2 saturated heterocycles. The van der Waals surface area contributed by atoms with Crippen molar-refractivity contribution in [2.75, 3.05) is 31.2 Å². The number of nitrogens with zero attached hydrogens (tertiary/aromatic N) is 3. The monoisotopic (exact) mass is 373 g/mol. The van der Waals surface area contributed by atoms with Crippen molar-refractivity contribution in [3.8, 4) is 0 Å². The van der Waals surface area contributed by atoms with E-state index in [-0.39, 0.29) is 11.9 Å². The Kier molecular flexibility index (Phi) is 4.33. The Labute approximate surface area is 136 Å².